The molecule has 8 nitrogen and oxygen atoms in total. The maximum absolute atomic E-state index is 13.8. The van der Waals surface area contributed by atoms with Crippen molar-refractivity contribution in [1.82, 2.24) is 15.5 Å². The Morgan fingerprint density at radius 3 is 2.40 bits per heavy atom. The predicted octanol–water partition coefficient (Wildman–Crippen LogP) is 2.78. The highest BCUT2D eigenvalue weighted by Crippen LogP contribution is 2.51. The molecule has 3 amide bonds. The lowest BCUT2D eigenvalue weighted by atomic mass is 9.73. The number of aliphatic hydroxyl groups is 1. The lowest BCUT2D eigenvalue weighted by molar-refractivity contribution is -0.139. The number of nitrogens with one attached hydrogen (secondary N) is 2. The molecular weight excluding hydrogens is 504 g/mol. The maximum atomic E-state index is 13.8. The predicted molar refractivity (Wildman–Crippen MR) is 156 cm³/mol. The van der Waals surface area contributed by atoms with Gasteiger partial charge in [0.2, 0.25) is 17.7 Å². The number of carbonyl (C=O) groups is 3. The van der Waals surface area contributed by atoms with E-state index in [1.165, 1.54) is 11.1 Å². The molecule has 1 saturated heterocycles. The van der Waals surface area contributed by atoms with E-state index in [1.54, 1.807) is 13.8 Å². The molecule has 2 aromatic rings. The SMILES string of the molecule is CC(C)(N)C(=O)N[C@H](CCCc1ccccc1)C(=O)N1CCC2(CC1)C[C@@H](C(=O)NCCCO)c1ccccc12. The summed E-state index contributed by atoms with van der Waals surface area (Å²) in [4.78, 5) is 41.5. The number of nitrogens with zero attached hydrogens (tertiary/aromatic N) is 1. The Labute approximate surface area is 237 Å². The number of hydrogen-bond acceptors (Lipinski definition) is 5. The van der Waals surface area contributed by atoms with Crippen LogP contribution in [0.3, 0.4) is 0 Å². The van der Waals surface area contributed by atoms with Gasteiger partial charge in [0.25, 0.3) is 0 Å². The second-order valence-corrected chi connectivity index (χ2v) is 11.9. The van der Waals surface area contributed by atoms with Crippen LogP contribution in [0.1, 0.15) is 75.0 Å². The van der Waals surface area contributed by atoms with Crippen molar-refractivity contribution in [1.29, 1.82) is 0 Å². The van der Waals surface area contributed by atoms with Crippen molar-refractivity contribution in [2.24, 2.45) is 5.73 Å². The van der Waals surface area contributed by atoms with Gasteiger partial charge in [0.05, 0.1) is 11.5 Å². The van der Waals surface area contributed by atoms with Gasteiger partial charge in [0, 0.05) is 31.7 Å². The van der Waals surface area contributed by atoms with E-state index in [4.69, 9.17) is 10.8 Å². The van der Waals surface area contributed by atoms with Gasteiger partial charge < -0.3 is 26.4 Å². The molecule has 0 aromatic heterocycles. The highest BCUT2D eigenvalue weighted by atomic mass is 16.3. The van der Waals surface area contributed by atoms with Crippen molar-refractivity contribution in [3.63, 3.8) is 0 Å². The van der Waals surface area contributed by atoms with Crippen LogP contribution in [0.4, 0.5) is 0 Å². The Bertz CT molecular complexity index is 1170. The molecule has 0 saturated carbocycles. The van der Waals surface area contributed by atoms with Crippen LogP contribution in [0.2, 0.25) is 0 Å². The second-order valence-electron chi connectivity index (χ2n) is 11.9. The molecule has 0 unspecified atom stereocenters. The molecule has 5 N–H and O–H groups in total. The first-order chi connectivity index (χ1) is 19.1. The molecule has 1 fully saturated rings. The third kappa shape index (κ3) is 6.91. The van der Waals surface area contributed by atoms with E-state index in [-0.39, 0.29) is 35.7 Å². The van der Waals surface area contributed by atoms with Crippen LogP contribution in [-0.4, -0.2) is 65.5 Å². The minimum Gasteiger partial charge on any atom is -0.396 e. The molecule has 1 spiro atoms. The summed E-state index contributed by atoms with van der Waals surface area (Å²) in [6.07, 6.45) is 4.92. The molecular formula is C32H44N4O4. The lowest BCUT2D eigenvalue weighted by Crippen LogP contribution is -2.57. The number of benzene rings is 2. The maximum Gasteiger partial charge on any atom is 0.245 e. The average Bonchev–Trinajstić information content (AvgIpc) is 3.26. The normalized spacial score (nSPS) is 18.7. The zero-order valence-corrected chi connectivity index (χ0v) is 23.8. The van der Waals surface area contributed by atoms with Crippen LogP contribution in [0, 0.1) is 0 Å². The highest BCUT2D eigenvalue weighted by molar-refractivity contribution is 5.91. The topological polar surface area (TPSA) is 125 Å². The van der Waals surface area contributed by atoms with E-state index in [1.807, 2.05) is 41.3 Å². The van der Waals surface area contributed by atoms with E-state index >= 15 is 0 Å². The molecule has 216 valence electrons. The van der Waals surface area contributed by atoms with Crippen molar-refractivity contribution in [2.45, 2.75) is 81.7 Å². The molecule has 1 aliphatic carbocycles. The van der Waals surface area contributed by atoms with Crippen LogP contribution in [0.15, 0.2) is 54.6 Å². The number of rotatable bonds is 11. The number of aliphatic hydroxyl groups excluding tert-OH is 1. The Hall–Kier alpha value is -3.23. The fourth-order valence-electron chi connectivity index (χ4n) is 6.15. The summed E-state index contributed by atoms with van der Waals surface area (Å²) in [5.41, 5.74) is 8.29. The fraction of sp³-hybridized carbons (Fsp3) is 0.531. The van der Waals surface area contributed by atoms with Crippen molar-refractivity contribution < 1.29 is 19.5 Å². The largest absolute Gasteiger partial charge is 0.396 e. The summed E-state index contributed by atoms with van der Waals surface area (Å²) in [5.74, 6) is -0.625. The Morgan fingerprint density at radius 1 is 1.05 bits per heavy atom. The Balaban J connectivity index is 1.43. The monoisotopic (exact) mass is 548 g/mol. The zero-order chi connectivity index (χ0) is 28.8. The minimum absolute atomic E-state index is 0.00173. The zero-order valence-electron chi connectivity index (χ0n) is 23.8. The molecule has 0 bridgehead atoms. The van der Waals surface area contributed by atoms with Crippen molar-refractivity contribution in [2.75, 3.05) is 26.2 Å². The van der Waals surface area contributed by atoms with Gasteiger partial charge in [0.15, 0.2) is 0 Å². The first kappa shape index (κ1) is 29.7. The van der Waals surface area contributed by atoms with Crippen molar-refractivity contribution >= 4 is 17.7 Å². The number of nitrogens with two attached hydrogens (primary N) is 1. The molecule has 8 heteroatoms. The lowest BCUT2D eigenvalue weighted by Gasteiger charge is -2.41. The molecule has 2 aliphatic rings. The van der Waals surface area contributed by atoms with Gasteiger partial charge in [-0.3, -0.25) is 14.4 Å². The molecule has 40 heavy (non-hydrogen) atoms. The van der Waals surface area contributed by atoms with Crippen LogP contribution >= 0.6 is 0 Å². The van der Waals surface area contributed by atoms with Gasteiger partial charge in [-0.15, -0.1) is 0 Å². The number of hydrogen-bond donors (Lipinski definition) is 4. The third-order valence-electron chi connectivity index (χ3n) is 8.47. The number of carbonyl (C=O) groups excluding carboxylic acids is 3. The summed E-state index contributed by atoms with van der Waals surface area (Å²) in [6.45, 7) is 4.94. The van der Waals surface area contributed by atoms with Crippen molar-refractivity contribution in [3.05, 3.63) is 71.3 Å². The van der Waals surface area contributed by atoms with Gasteiger partial charge in [-0.2, -0.15) is 0 Å². The standard InChI is InChI=1S/C32H44N4O4/c1-31(2,33)30(40)35-27(15-8-12-23-10-4-3-5-11-23)29(39)36-19-16-32(17-20-36)22-25(28(38)34-18-9-21-37)24-13-6-7-14-26(24)32/h3-7,10-11,13-14,25,27,37H,8-9,12,15-22,33H2,1-2H3,(H,34,38)(H,35,40)/t25-,27-/m1/s1. The van der Waals surface area contributed by atoms with E-state index < -0.39 is 11.6 Å². The highest BCUT2D eigenvalue weighted by Gasteiger charge is 2.48. The molecule has 2 atom stereocenters. The first-order valence-corrected chi connectivity index (χ1v) is 14.6. The van der Waals surface area contributed by atoms with E-state index in [2.05, 4.69) is 28.8 Å². The summed E-state index contributed by atoms with van der Waals surface area (Å²) >= 11 is 0. The van der Waals surface area contributed by atoms with Gasteiger partial charge in [-0.1, -0.05) is 54.6 Å². The van der Waals surface area contributed by atoms with Crippen LogP contribution in [-0.2, 0) is 26.2 Å². The summed E-state index contributed by atoms with van der Waals surface area (Å²) in [6, 6.07) is 17.7. The minimum atomic E-state index is -1.08. The Morgan fingerprint density at radius 2 is 1.73 bits per heavy atom. The van der Waals surface area contributed by atoms with Crippen LogP contribution in [0.5, 0.6) is 0 Å². The summed E-state index contributed by atoms with van der Waals surface area (Å²) < 4.78 is 0. The quantitative estimate of drug-likeness (QED) is 0.322. The van der Waals surface area contributed by atoms with Gasteiger partial charge in [0.1, 0.15) is 6.04 Å². The number of fused-ring (bicyclic) bond motifs is 2. The van der Waals surface area contributed by atoms with Gasteiger partial charge >= 0.3 is 0 Å². The molecule has 1 aliphatic heterocycles. The van der Waals surface area contributed by atoms with Crippen LogP contribution in [0.25, 0.3) is 0 Å². The molecule has 4 rings (SSSR count). The summed E-state index contributed by atoms with van der Waals surface area (Å²) in [5, 5.41) is 15.0. The third-order valence-corrected chi connectivity index (χ3v) is 8.47. The Kier molecular flexibility index (Phi) is 9.64. The number of amides is 3. The second kappa shape index (κ2) is 13.0. The van der Waals surface area contributed by atoms with Crippen molar-refractivity contribution in [3.8, 4) is 0 Å². The fourth-order valence-corrected chi connectivity index (χ4v) is 6.15. The van der Waals surface area contributed by atoms with Gasteiger partial charge in [-0.05, 0) is 75.5 Å². The van der Waals surface area contributed by atoms with E-state index in [0.29, 0.717) is 32.5 Å². The molecule has 1 heterocycles. The average molecular weight is 549 g/mol. The van der Waals surface area contributed by atoms with E-state index in [9.17, 15) is 14.4 Å². The molecule has 0 radical (unpaired) electrons. The molecule has 2 aromatic carbocycles. The number of piperidine rings is 1. The number of likely N-dealkylation sites (tertiary alicyclic amines) is 1. The van der Waals surface area contributed by atoms with E-state index in [0.717, 1.165) is 37.7 Å². The smallest absolute Gasteiger partial charge is 0.245 e. The number of aryl methyl sites for hydroxylation is 1. The summed E-state index contributed by atoms with van der Waals surface area (Å²) in [7, 11) is 0. The van der Waals surface area contributed by atoms with Gasteiger partial charge in [-0.25, -0.2) is 0 Å². The first-order valence-electron chi connectivity index (χ1n) is 14.6. The van der Waals surface area contributed by atoms with Crippen LogP contribution < -0.4 is 16.4 Å².